The first kappa shape index (κ1) is 29.2. The number of hydrogen-bond acceptors (Lipinski definition) is 5. The van der Waals surface area contributed by atoms with Crippen molar-refractivity contribution in [1.82, 2.24) is 29.1 Å². The van der Waals surface area contributed by atoms with E-state index in [4.69, 9.17) is 23.2 Å². The van der Waals surface area contributed by atoms with Gasteiger partial charge in [0.1, 0.15) is 6.07 Å². The quantitative estimate of drug-likeness (QED) is 0.168. The fraction of sp³-hybridized carbons (Fsp3) is 0.0571. The van der Waals surface area contributed by atoms with Gasteiger partial charge in [-0.05, 0) is 82.2 Å². The van der Waals surface area contributed by atoms with Crippen molar-refractivity contribution in [3.8, 4) is 6.07 Å². The second-order valence-corrected chi connectivity index (χ2v) is 12.6. The summed E-state index contributed by atoms with van der Waals surface area (Å²) < 4.78 is 5.50. The van der Waals surface area contributed by atoms with Gasteiger partial charge in [0.25, 0.3) is 0 Å². The molecule has 45 heavy (non-hydrogen) atoms. The largest absolute Gasteiger partial charge is 0.341 e. The number of benzene rings is 2. The van der Waals surface area contributed by atoms with E-state index in [2.05, 4.69) is 83.6 Å². The van der Waals surface area contributed by atoms with Gasteiger partial charge in [-0.25, -0.2) is 0 Å². The molecule has 6 aromatic heterocycles. The highest BCUT2D eigenvalue weighted by atomic mass is 127. The maximum Gasteiger partial charge on any atom is 0.101 e. The average molecular weight is 738 g/mol. The fourth-order valence-electron chi connectivity index (χ4n) is 5.48. The number of halogens is 3. The Morgan fingerprint density at radius 1 is 0.667 bits per heavy atom. The van der Waals surface area contributed by atoms with E-state index in [9.17, 15) is 5.26 Å². The highest BCUT2D eigenvalue weighted by Gasteiger charge is 2.10. The molecule has 0 atom stereocenters. The molecule has 7 nitrogen and oxygen atoms in total. The molecule has 0 aliphatic carbocycles. The molecule has 0 N–H and O–H groups in total. The Bertz CT molecular complexity index is 2410. The van der Waals surface area contributed by atoms with Crippen molar-refractivity contribution < 1.29 is 0 Å². The van der Waals surface area contributed by atoms with E-state index >= 15 is 0 Å². The Kier molecular flexibility index (Phi) is 8.06. The van der Waals surface area contributed by atoms with Crippen molar-refractivity contribution in [2.24, 2.45) is 0 Å². The first-order valence-corrected chi connectivity index (χ1v) is 15.8. The van der Waals surface area contributed by atoms with Crippen molar-refractivity contribution in [3.63, 3.8) is 0 Å². The summed E-state index contributed by atoms with van der Waals surface area (Å²) in [6.45, 7) is 1.46. The predicted molar refractivity (Wildman–Crippen MR) is 189 cm³/mol. The molecular weight excluding hydrogens is 716 g/mol. The third kappa shape index (κ3) is 6.07. The van der Waals surface area contributed by atoms with Crippen molar-refractivity contribution >= 4 is 89.4 Å². The van der Waals surface area contributed by atoms with Crippen molar-refractivity contribution in [2.75, 3.05) is 0 Å². The van der Waals surface area contributed by atoms with Crippen LogP contribution in [0.4, 0.5) is 0 Å². The van der Waals surface area contributed by atoms with Crippen LogP contribution in [0.25, 0.3) is 43.6 Å². The Morgan fingerprint density at radius 3 is 1.78 bits per heavy atom. The van der Waals surface area contributed by atoms with Gasteiger partial charge in [0.15, 0.2) is 0 Å². The molecule has 0 saturated carbocycles. The summed E-state index contributed by atoms with van der Waals surface area (Å²) in [5.41, 5.74) is 6.97. The van der Waals surface area contributed by atoms with Gasteiger partial charge in [-0.3, -0.25) is 19.9 Å². The highest BCUT2D eigenvalue weighted by molar-refractivity contribution is 14.1. The molecule has 0 aliphatic rings. The van der Waals surface area contributed by atoms with Crippen LogP contribution in [0.3, 0.4) is 0 Å². The van der Waals surface area contributed by atoms with Gasteiger partial charge >= 0.3 is 0 Å². The standard InChI is InChI=1S/C18H11ClN4.C17H11ClIN3/c19-15-6-13-5-12(1-2-17(13)22-8-15)10-23-11-14(7-20)16-3-4-21-9-18(16)23;18-13-6-12-5-11(1-2-16(12)21-7-13)9-22-10-15(19)14-3-4-20-8-17(14)22/h1-6,8-9,11H,10H2;1-8,10H,9H2. The summed E-state index contributed by atoms with van der Waals surface area (Å²) in [7, 11) is 0. The van der Waals surface area contributed by atoms with Gasteiger partial charge in [0.05, 0.1) is 50.1 Å². The minimum Gasteiger partial charge on any atom is -0.341 e. The second-order valence-electron chi connectivity index (χ2n) is 10.5. The third-order valence-corrected chi connectivity index (χ3v) is 8.84. The molecular formula is C35H22Cl2IN7. The van der Waals surface area contributed by atoms with Gasteiger partial charge in [0, 0.05) is 75.4 Å². The van der Waals surface area contributed by atoms with Gasteiger partial charge in [-0.2, -0.15) is 5.26 Å². The second kappa shape index (κ2) is 12.4. The van der Waals surface area contributed by atoms with Crippen molar-refractivity contribution in [2.45, 2.75) is 13.1 Å². The Labute approximate surface area is 281 Å². The molecule has 0 aliphatic heterocycles. The molecule has 218 valence electrons. The monoisotopic (exact) mass is 737 g/mol. The van der Waals surface area contributed by atoms with Crippen LogP contribution >= 0.6 is 45.8 Å². The summed E-state index contributed by atoms with van der Waals surface area (Å²) in [6.07, 6.45) is 14.6. The fourth-order valence-corrected chi connectivity index (χ4v) is 6.60. The van der Waals surface area contributed by atoms with Crippen LogP contribution in [0.15, 0.2) is 110 Å². The van der Waals surface area contributed by atoms with E-state index in [-0.39, 0.29) is 0 Å². The molecule has 8 rings (SSSR count). The summed E-state index contributed by atoms with van der Waals surface area (Å²) in [5.74, 6) is 0. The molecule has 8 aromatic rings. The number of rotatable bonds is 4. The zero-order valence-corrected chi connectivity index (χ0v) is 27.2. The van der Waals surface area contributed by atoms with Crippen molar-refractivity contribution in [3.05, 3.63) is 141 Å². The van der Waals surface area contributed by atoms with Crippen LogP contribution in [0, 0.1) is 14.9 Å². The Hall–Kier alpha value is -4.56. The van der Waals surface area contributed by atoms with Gasteiger partial charge in [0.2, 0.25) is 0 Å². The lowest BCUT2D eigenvalue weighted by atomic mass is 10.1. The number of nitriles is 1. The van der Waals surface area contributed by atoms with Crippen LogP contribution in [0.5, 0.6) is 0 Å². The lowest BCUT2D eigenvalue weighted by molar-refractivity contribution is 0.834. The lowest BCUT2D eigenvalue weighted by Gasteiger charge is -2.07. The predicted octanol–water partition coefficient (Wildman–Crippen LogP) is 9.05. The Balaban J connectivity index is 0.000000145. The number of nitrogens with zero attached hydrogens (tertiary/aromatic N) is 7. The maximum atomic E-state index is 9.28. The van der Waals surface area contributed by atoms with Crippen LogP contribution in [0.2, 0.25) is 10.0 Å². The molecule has 0 saturated heterocycles. The summed E-state index contributed by atoms with van der Waals surface area (Å²) in [4.78, 5) is 17.0. The van der Waals surface area contributed by atoms with E-state index in [1.165, 1.54) is 14.5 Å². The number of aromatic nitrogens is 6. The molecule has 0 radical (unpaired) electrons. The van der Waals surface area contributed by atoms with Crippen LogP contribution in [0.1, 0.15) is 16.7 Å². The molecule has 0 unspecified atom stereocenters. The van der Waals surface area contributed by atoms with E-state index in [1.54, 1.807) is 24.8 Å². The lowest BCUT2D eigenvalue weighted by Crippen LogP contribution is -1.98. The zero-order chi connectivity index (χ0) is 30.9. The average Bonchev–Trinajstić information content (AvgIpc) is 3.57. The van der Waals surface area contributed by atoms with Crippen LogP contribution < -0.4 is 0 Å². The van der Waals surface area contributed by atoms with Gasteiger partial charge in [-0.1, -0.05) is 35.3 Å². The number of pyridine rings is 4. The molecule has 6 heterocycles. The minimum atomic E-state index is 0.622. The van der Waals surface area contributed by atoms with Gasteiger partial charge in [-0.15, -0.1) is 0 Å². The molecule has 0 bridgehead atoms. The van der Waals surface area contributed by atoms with E-state index in [1.807, 2.05) is 59.6 Å². The number of hydrogen-bond donors (Lipinski definition) is 0. The first-order chi connectivity index (χ1) is 21.9. The van der Waals surface area contributed by atoms with Crippen molar-refractivity contribution in [1.29, 1.82) is 5.26 Å². The molecule has 0 amide bonds. The Morgan fingerprint density at radius 2 is 1.20 bits per heavy atom. The first-order valence-electron chi connectivity index (χ1n) is 13.9. The van der Waals surface area contributed by atoms with E-state index in [0.717, 1.165) is 50.3 Å². The normalized spacial score (nSPS) is 11.2. The topological polar surface area (TPSA) is 85.2 Å². The minimum absolute atomic E-state index is 0.622. The molecule has 0 fully saturated rings. The summed E-state index contributed by atoms with van der Waals surface area (Å²) in [6, 6.07) is 22.4. The maximum absolute atomic E-state index is 9.28. The van der Waals surface area contributed by atoms with E-state index < -0.39 is 0 Å². The third-order valence-electron chi connectivity index (χ3n) is 7.57. The number of fused-ring (bicyclic) bond motifs is 4. The molecule has 0 spiro atoms. The van der Waals surface area contributed by atoms with Crippen LogP contribution in [-0.2, 0) is 13.1 Å². The highest BCUT2D eigenvalue weighted by Crippen LogP contribution is 2.25. The summed E-state index contributed by atoms with van der Waals surface area (Å²) in [5, 5.41) is 14.8. The summed E-state index contributed by atoms with van der Waals surface area (Å²) >= 11 is 14.4. The van der Waals surface area contributed by atoms with E-state index in [0.29, 0.717) is 22.2 Å². The molecule has 10 heteroatoms. The SMILES string of the molecule is Clc1cnc2ccc(Cn3cc(I)c4ccncc43)cc2c1.N#Cc1cn(Cc2ccc3ncc(Cl)cc3c2)c2cnccc12. The molecule has 2 aromatic carbocycles. The smallest absolute Gasteiger partial charge is 0.101 e. The van der Waals surface area contributed by atoms with Crippen LogP contribution in [-0.4, -0.2) is 29.1 Å². The zero-order valence-electron chi connectivity index (χ0n) is 23.6. The van der Waals surface area contributed by atoms with Gasteiger partial charge < -0.3 is 9.13 Å².